The van der Waals surface area contributed by atoms with Gasteiger partial charge in [0.05, 0.1) is 0 Å². The topological polar surface area (TPSA) is 52.7 Å². The van der Waals surface area contributed by atoms with E-state index >= 15 is 0 Å². The number of nitrogens with zero attached hydrogens (tertiary/aromatic N) is 2. The van der Waals surface area contributed by atoms with E-state index in [1.165, 1.54) is 19.3 Å². The number of carbonyl (C=O) groups excluding carboxylic acids is 2. The van der Waals surface area contributed by atoms with E-state index in [4.69, 9.17) is 0 Å². The van der Waals surface area contributed by atoms with E-state index in [0.717, 1.165) is 69.6 Å². The van der Waals surface area contributed by atoms with Crippen LogP contribution in [0.5, 0.6) is 0 Å². The van der Waals surface area contributed by atoms with Gasteiger partial charge < -0.3 is 15.1 Å². The van der Waals surface area contributed by atoms with Gasteiger partial charge in [-0.05, 0) is 75.7 Å². The molecule has 27 heavy (non-hydrogen) atoms. The highest BCUT2D eigenvalue weighted by atomic mass is 16.2. The molecule has 1 atom stereocenters. The molecule has 5 aliphatic rings. The molecule has 1 N–H and O–H groups in total. The molecule has 4 bridgehead atoms. The smallest absolute Gasteiger partial charge is 0.245 e. The van der Waals surface area contributed by atoms with Gasteiger partial charge in [-0.15, -0.1) is 0 Å². The zero-order chi connectivity index (χ0) is 19.2. The van der Waals surface area contributed by atoms with Crippen LogP contribution in [0.15, 0.2) is 0 Å². The first kappa shape index (κ1) is 19.2. The van der Waals surface area contributed by atoms with Crippen molar-refractivity contribution in [3.05, 3.63) is 0 Å². The van der Waals surface area contributed by atoms with Gasteiger partial charge in [0, 0.05) is 31.6 Å². The molecule has 4 aliphatic carbocycles. The van der Waals surface area contributed by atoms with Crippen LogP contribution in [0.4, 0.5) is 0 Å². The lowest BCUT2D eigenvalue weighted by Gasteiger charge is -2.55. The highest BCUT2D eigenvalue weighted by Gasteiger charge is 2.55. The Morgan fingerprint density at radius 2 is 1.48 bits per heavy atom. The minimum absolute atomic E-state index is 0.134. The van der Waals surface area contributed by atoms with Crippen LogP contribution in [0.2, 0.25) is 0 Å². The molecule has 5 fully saturated rings. The van der Waals surface area contributed by atoms with Crippen molar-refractivity contribution in [1.29, 1.82) is 0 Å². The molecule has 0 aromatic carbocycles. The third-order valence-electron chi connectivity index (χ3n) is 7.65. The molecule has 5 nitrogen and oxygen atoms in total. The van der Waals surface area contributed by atoms with E-state index in [-0.39, 0.29) is 23.3 Å². The molecule has 1 heterocycles. The lowest BCUT2D eigenvalue weighted by atomic mass is 9.49. The Morgan fingerprint density at radius 1 is 0.963 bits per heavy atom. The fourth-order valence-electron chi connectivity index (χ4n) is 6.64. The first-order valence-electron chi connectivity index (χ1n) is 11.1. The number of amides is 2. The molecule has 1 saturated heterocycles. The van der Waals surface area contributed by atoms with Crippen molar-refractivity contribution < 1.29 is 9.59 Å². The van der Waals surface area contributed by atoms with Crippen molar-refractivity contribution in [3.63, 3.8) is 0 Å². The molecule has 1 aliphatic heterocycles. The highest BCUT2D eigenvalue weighted by molar-refractivity contribution is 5.90. The highest BCUT2D eigenvalue weighted by Crippen LogP contribution is 2.60. The van der Waals surface area contributed by atoms with Crippen LogP contribution in [-0.4, -0.2) is 60.9 Å². The summed E-state index contributed by atoms with van der Waals surface area (Å²) >= 11 is 0. The molecule has 4 saturated carbocycles. The first-order chi connectivity index (χ1) is 12.8. The van der Waals surface area contributed by atoms with Crippen LogP contribution >= 0.6 is 0 Å². The number of rotatable bonds is 5. The van der Waals surface area contributed by atoms with E-state index < -0.39 is 0 Å². The summed E-state index contributed by atoms with van der Waals surface area (Å²) in [5.74, 6) is 2.96. The Morgan fingerprint density at radius 3 is 1.96 bits per heavy atom. The minimum atomic E-state index is -0.353. The molecule has 0 unspecified atom stereocenters. The zero-order valence-corrected chi connectivity index (χ0v) is 17.4. The largest absolute Gasteiger partial charge is 0.344 e. The van der Waals surface area contributed by atoms with Gasteiger partial charge in [-0.2, -0.15) is 0 Å². The van der Waals surface area contributed by atoms with E-state index in [9.17, 15) is 9.59 Å². The molecule has 0 radical (unpaired) electrons. The summed E-state index contributed by atoms with van der Waals surface area (Å²) in [7, 11) is 2.10. The van der Waals surface area contributed by atoms with Crippen molar-refractivity contribution >= 4 is 11.8 Å². The summed E-state index contributed by atoms with van der Waals surface area (Å²) in [6.45, 7) is 7.67. The van der Waals surface area contributed by atoms with Gasteiger partial charge in [-0.25, -0.2) is 0 Å². The molecule has 0 aromatic heterocycles. The third kappa shape index (κ3) is 3.90. The van der Waals surface area contributed by atoms with E-state index in [0.29, 0.717) is 5.92 Å². The van der Waals surface area contributed by atoms with Crippen molar-refractivity contribution in [3.8, 4) is 0 Å². The van der Waals surface area contributed by atoms with Crippen LogP contribution in [0.25, 0.3) is 0 Å². The van der Waals surface area contributed by atoms with Gasteiger partial charge in [0.1, 0.15) is 6.04 Å². The first-order valence-corrected chi connectivity index (χ1v) is 11.1. The predicted molar refractivity (Wildman–Crippen MR) is 106 cm³/mol. The number of hydrogen-bond donors (Lipinski definition) is 1. The third-order valence-corrected chi connectivity index (χ3v) is 7.65. The quantitative estimate of drug-likeness (QED) is 0.803. The van der Waals surface area contributed by atoms with E-state index in [2.05, 4.69) is 31.1 Å². The monoisotopic (exact) mass is 375 g/mol. The molecule has 0 spiro atoms. The lowest BCUT2D eigenvalue weighted by molar-refractivity contribution is -0.150. The lowest BCUT2D eigenvalue weighted by Crippen LogP contribution is -2.59. The molecular formula is C22H37N3O2. The van der Waals surface area contributed by atoms with Gasteiger partial charge in [0.15, 0.2) is 0 Å². The normalized spacial score (nSPS) is 36.9. The molecular weight excluding hydrogens is 338 g/mol. The zero-order valence-electron chi connectivity index (χ0n) is 17.4. The molecule has 152 valence electrons. The molecule has 5 rings (SSSR count). The van der Waals surface area contributed by atoms with Gasteiger partial charge in [0.2, 0.25) is 11.8 Å². The maximum atomic E-state index is 13.4. The molecule has 0 aromatic rings. The number of carbonyl (C=O) groups is 2. The van der Waals surface area contributed by atoms with Gasteiger partial charge >= 0.3 is 0 Å². The van der Waals surface area contributed by atoms with Crippen molar-refractivity contribution in [2.45, 2.75) is 64.8 Å². The van der Waals surface area contributed by atoms with Crippen LogP contribution in [0, 0.1) is 29.1 Å². The summed E-state index contributed by atoms with van der Waals surface area (Å²) < 4.78 is 0. The second kappa shape index (κ2) is 7.38. The van der Waals surface area contributed by atoms with Crippen LogP contribution in [0.1, 0.15) is 58.8 Å². The van der Waals surface area contributed by atoms with Gasteiger partial charge in [0.25, 0.3) is 0 Å². The number of piperazine rings is 1. The summed E-state index contributed by atoms with van der Waals surface area (Å²) in [6.07, 6.45) is 7.92. The Labute approximate surface area is 164 Å². The van der Waals surface area contributed by atoms with Crippen molar-refractivity contribution in [2.75, 3.05) is 33.2 Å². The number of nitrogens with one attached hydrogen (secondary N) is 1. The second-order valence-electron chi connectivity index (χ2n) is 10.5. The average molecular weight is 376 g/mol. The van der Waals surface area contributed by atoms with Gasteiger partial charge in [-0.1, -0.05) is 13.8 Å². The minimum Gasteiger partial charge on any atom is -0.344 e. The van der Waals surface area contributed by atoms with Crippen LogP contribution in [0.3, 0.4) is 0 Å². The maximum absolute atomic E-state index is 13.4. The van der Waals surface area contributed by atoms with Gasteiger partial charge in [-0.3, -0.25) is 9.59 Å². The van der Waals surface area contributed by atoms with Crippen molar-refractivity contribution in [1.82, 2.24) is 15.1 Å². The fraction of sp³-hybridized carbons (Fsp3) is 0.909. The van der Waals surface area contributed by atoms with Crippen LogP contribution < -0.4 is 5.32 Å². The average Bonchev–Trinajstić information content (AvgIpc) is 2.59. The SMILES string of the molecule is CC(C)C[C@@H](NC(=O)C12CC3CC(CC(C3)C1)C2)C(=O)N1CCN(C)CC1. The van der Waals surface area contributed by atoms with E-state index in [1.54, 1.807) is 0 Å². The summed E-state index contributed by atoms with van der Waals surface area (Å²) in [5, 5.41) is 3.27. The Bertz CT molecular complexity index is 545. The fourth-order valence-corrected chi connectivity index (χ4v) is 6.64. The number of likely N-dealkylation sites (N-methyl/N-ethyl adjacent to an activating group) is 1. The molecule has 2 amide bonds. The number of hydrogen-bond acceptors (Lipinski definition) is 3. The summed E-state index contributed by atoms with van der Waals surface area (Å²) in [5.41, 5.74) is -0.174. The standard InChI is InChI=1S/C22H37N3O2/c1-15(2)8-19(20(26)25-6-4-24(3)5-7-25)23-21(27)22-12-16-9-17(13-22)11-18(10-16)14-22/h15-19H,4-14H2,1-3H3,(H,23,27)/t16?,17?,18?,19-,22?/m1/s1. The Hall–Kier alpha value is -1.10. The van der Waals surface area contributed by atoms with Crippen LogP contribution in [-0.2, 0) is 9.59 Å². The predicted octanol–water partition coefficient (Wildman–Crippen LogP) is 2.51. The Balaban J connectivity index is 1.45. The Kier molecular flexibility index (Phi) is 5.26. The summed E-state index contributed by atoms with van der Waals surface area (Å²) in [6, 6.07) is -0.353. The van der Waals surface area contributed by atoms with E-state index in [1.807, 2.05) is 4.90 Å². The second-order valence-corrected chi connectivity index (χ2v) is 10.5. The molecule has 5 heteroatoms. The van der Waals surface area contributed by atoms with Crippen molar-refractivity contribution in [2.24, 2.45) is 29.1 Å². The summed E-state index contributed by atoms with van der Waals surface area (Å²) in [4.78, 5) is 30.9. The maximum Gasteiger partial charge on any atom is 0.245 e.